The molecule has 2 heterocycles. The molecule has 0 bridgehead atoms. The van der Waals surface area contributed by atoms with Crippen molar-refractivity contribution >= 4 is 5.97 Å². The highest BCUT2D eigenvalue weighted by Gasteiger charge is 2.29. The molecule has 0 fully saturated rings. The van der Waals surface area contributed by atoms with Gasteiger partial charge in [0.15, 0.2) is 5.76 Å². The summed E-state index contributed by atoms with van der Waals surface area (Å²) < 4.78 is 21.8. The van der Waals surface area contributed by atoms with E-state index in [1.807, 2.05) is 12.1 Å². The lowest BCUT2D eigenvalue weighted by Crippen LogP contribution is -2.30. The lowest BCUT2D eigenvalue weighted by molar-refractivity contribution is -0.140. The Balaban J connectivity index is 1.71. The molecule has 0 radical (unpaired) electrons. The molecule has 1 atom stereocenters. The van der Waals surface area contributed by atoms with E-state index in [0.717, 1.165) is 19.5 Å². The number of rotatable bonds is 8. The first-order valence-electron chi connectivity index (χ1n) is 11.4. The SMILES string of the molecule is COC(=O)C[C@@H](c1ccc(OC)cc1OC)c1oc(CN2CCc3ccccc3C2)cc(=O)c1O. The number of methoxy groups -OCH3 is 3. The summed E-state index contributed by atoms with van der Waals surface area (Å²) in [5.41, 5.74) is 2.55. The Hall–Kier alpha value is -3.78. The molecule has 0 unspecified atom stereocenters. The normalized spacial score (nSPS) is 14.1. The third-order valence-corrected chi connectivity index (χ3v) is 6.32. The van der Waals surface area contributed by atoms with E-state index >= 15 is 0 Å². The minimum Gasteiger partial charge on any atom is -0.502 e. The van der Waals surface area contributed by atoms with E-state index in [1.54, 1.807) is 18.2 Å². The second-order valence-electron chi connectivity index (χ2n) is 8.46. The second-order valence-corrected chi connectivity index (χ2v) is 8.46. The molecular weight excluding hydrogens is 450 g/mol. The summed E-state index contributed by atoms with van der Waals surface area (Å²) in [4.78, 5) is 27.2. The number of carbonyl (C=O) groups is 1. The summed E-state index contributed by atoms with van der Waals surface area (Å²) in [5.74, 6) is -0.468. The summed E-state index contributed by atoms with van der Waals surface area (Å²) in [5, 5.41) is 10.7. The van der Waals surface area contributed by atoms with Gasteiger partial charge in [0.2, 0.25) is 11.2 Å². The fraction of sp³-hybridized carbons (Fsp3) is 0.333. The Labute approximate surface area is 203 Å². The number of carbonyl (C=O) groups excluding carboxylic acids is 1. The molecule has 0 saturated carbocycles. The Kier molecular flexibility index (Phi) is 7.41. The van der Waals surface area contributed by atoms with Crippen LogP contribution in [0.15, 0.2) is 57.7 Å². The number of benzene rings is 2. The van der Waals surface area contributed by atoms with Crippen molar-refractivity contribution in [3.63, 3.8) is 0 Å². The molecule has 1 aliphatic heterocycles. The lowest BCUT2D eigenvalue weighted by Gasteiger charge is -2.28. The standard InChI is InChI=1S/C27H29NO7/c1-32-19-8-9-21(24(13-19)33-2)22(14-25(30)34-3)27-26(31)23(29)12-20(35-27)16-28-11-10-17-6-4-5-7-18(17)15-28/h4-9,12-13,22,31H,10-11,14-16H2,1-3H3/t22-/m0/s1. The van der Waals surface area contributed by atoms with Gasteiger partial charge in [-0.05, 0) is 23.6 Å². The van der Waals surface area contributed by atoms with Gasteiger partial charge in [-0.3, -0.25) is 14.5 Å². The van der Waals surface area contributed by atoms with E-state index in [-0.39, 0.29) is 12.2 Å². The van der Waals surface area contributed by atoms with Crippen LogP contribution in [-0.4, -0.2) is 43.8 Å². The van der Waals surface area contributed by atoms with Gasteiger partial charge in [-0.25, -0.2) is 0 Å². The van der Waals surface area contributed by atoms with E-state index in [4.69, 9.17) is 18.6 Å². The van der Waals surface area contributed by atoms with Gasteiger partial charge in [-0.2, -0.15) is 0 Å². The summed E-state index contributed by atoms with van der Waals surface area (Å²) in [6.07, 6.45) is 0.746. The van der Waals surface area contributed by atoms with Crippen LogP contribution in [0.25, 0.3) is 0 Å². The summed E-state index contributed by atoms with van der Waals surface area (Å²) in [6.45, 7) is 1.93. The van der Waals surface area contributed by atoms with Crippen molar-refractivity contribution in [2.24, 2.45) is 0 Å². The molecule has 4 rings (SSSR count). The quantitative estimate of drug-likeness (QED) is 0.489. The van der Waals surface area contributed by atoms with Crippen LogP contribution < -0.4 is 14.9 Å². The first-order chi connectivity index (χ1) is 16.9. The van der Waals surface area contributed by atoms with Gasteiger partial charge < -0.3 is 23.7 Å². The Morgan fingerprint density at radius 3 is 2.57 bits per heavy atom. The van der Waals surface area contributed by atoms with E-state index in [0.29, 0.717) is 29.4 Å². The average molecular weight is 480 g/mol. The van der Waals surface area contributed by atoms with Gasteiger partial charge >= 0.3 is 5.97 Å². The fourth-order valence-electron chi connectivity index (χ4n) is 4.48. The van der Waals surface area contributed by atoms with Gasteiger partial charge in [0.1, 0.15) is 17.3 Å². The minimum atomic E-state index is -0.807. The largest absolute Gasteiger partial charge is 0.502 e. The second kappa shape index (κ2) is 10.7. The first-order valence-corrected chi connectivity index (χ1v) is 11.4. The van der Waals surface area contributed by atoms with Crippen molar-refractivity contribution in [1.29, 1.82) is 0 Å². The van der Waals surface area contributed by atoms with Crippen molar-refractivity contribution in [2.75, 3.05) is 27.9 Å². The van der Waals surface area contributed by atoms with Crippen LogP contribution in [0.1, 0.15) is 40.5 Å². The van der Waals surface area contributed by atoms with Crippen molar-refractivity contribution in [1.82, 2.24) is 4.90 Å². The molecule has 184 valence electrons. The molecule has 0 saturated heterocycles. The Morgan fingerprint density at radius 1 is 1.09 bits per heavy atom. The van der Waals surface area contributed by atoms with Crippen molar-refractivity contribution in [3.05, 3.63) is 87.0 Å². The summed E-state index contributed by atoms with van der Waals surface area (Å²) in [7, 11) is 4.31. The van der Waals surface area contributed by atoms with Crippen LogP contribution in [0.4, 0.5) is 0 Å². The highest BCUT2D eigenvalue weighted by molar-refractivity contribution is 5.71. The number of nitrogens with zero attached hydrogens (tertiary/aromatic N) is 1. The third-order valence-electron chi connectivity index (χ3n) is 6.32. The number of hydrogen-bond donors (Lipinski definition) is 1. The number of hydrogen-bond acceptors (Lipinski definition) is 8. The maximum Gasteiger partial charge on any atom is 0.306 e. The molecule has 1 aliphatic rings. The highest BCUT2D eigenvalue weighted by Crippen LogP contribution is 2.39. The zero-order chi connectivity index (χ0) is 24.9. The zero-order valence-corrected chi connectivity index (χ0v) is 20.1. The van der Waals surface area contributed by atoms with Gasteiger partial charge in [-0.1, -0.05) is 30.3 Å². The lowest BCUT2D eigenvalue weighted by atomic mass is 9.91. The average Bonchev–Trinajstić information content (AvgIpc) is 2.88. The predicted molar refractivity (Wildman–Crippen MR) is 129 cm³/mol. The molecule has 0 aliphatic carbocycles. The van der Waals surface area contributed by atoms with Crippen molar-refractivity contribution < 1.29 is 28.5 Å². The highest BCUT2D eigenvalue weighted by atomic mass is 16.5. The maximum absolute atomic E-state index is 12.8. The van der Waals surface area contributed by atoms with Crippen LogP contribution in [0.2, 0.25) is 0 Å². The van der Waals surface area contributed by atoms with Gasteiger partial charge in [0.05, 0.1) is 40.2 Å². The third kappa shape index (κ3) is 5.33. The molecule has 8 nitrogen and oxygen atoms in total. The minimum absolute atomic E-state index is 0.00113. The van der Waals surface area contributed by atoms with E-state index in [9.17, 15) is 14.7 Å². The van der Waals surface area contributed by atoms with Gasteiger partial charge in [0.25, 0.3) is 0 Å². The maximum atomic E-state index is 12.8. The smallest absolute Gasteiger partial charge is 0.306 e. The first kappa shape index (κ1) is 24.3. The van der Waals surface area contributed by atoms with E-state index in [1.165, 1.54) is 38.5 Å². The number of aromatic hydroxyl groups is 1. The van der Waals surface area contributed by atoms with Crippen LogP contribution in [-0.2, 0) is 29.0 Å². The molecule has 0 spiro atoms. The molecule has 8 heteroatoms. The topological polar surface area (TPSA) is 98.4 Å². The fourth-order valence-corrected chi connectivity index (χ4v) is 4.48. The molecular formula is C27H29NO7. The van der Waals surface area contributed by atoms with Crippen molar-refractivity contribution in [2.45, 2.75) is 31.8 Å². The molecule has 2 aromatic carbocycles. The molecule has 3 aromatic rings. The zero-order valence-electron chi connectivity index (χ0n) is 20.1. The predicted octanol–water partition coefficient (Wildman–Crippen LogP) is 3.62. The van der Waals surface area contributed by atoms with Crippen LogP contribution in [0, 0.1) is 0 Å². The van der Waals surface area contributed by atoms with E-state index in [2.05, 4.69) is 17.0 Å². The van der Waals surface area contributed by atoms with Crippen LogP contribution in [0.3, 0.4) is 0 Å². The molecule has 1 aromatic heterocycles. The Morgan fingerprint density at radius 2 is 1.86 bits per heavy atom. The molecule has 1 N–H and O–H groups in total. The monoisotopic (exact) mass is 479 g/mol. The van der Waals surface area contributed by atoms with Gasteiger partial charge in [-0.15, -0.1) is 0 Å². The van der Waals surface area contributed by atoms with Gasteiger partial charge in [0, 0.05) is 30.8 Å². The van der Waals surface area contributed by atoms with Crippen LogP contribution >= 0.6 is 0 Å². The summed E-state index contributed by atoms with van der Waals surface area (Å²) in [6, 6.07) is 14.7. The number of fused-ring (bicyclic) bond motifs is 1. The summed E-state index contributed by atoms with van der Waals surface area (Å²) >= 11 is 0. The molecule has 0 amide bonds. The van der Waals surface area contributed by atoms with Crippen molar-refractivity contribution in [3.8, 4) is 17.2 Å². The van der Waals surface area contributed by atoms with E-state index < -0.39 is 23.1 Å². The molecule has 35 heavy (non-hydrogen) atoms. The van der Waals surface area contributed by atoms with Crippen LogP contribution in [0.5, 0.6) is 17.2 Å². The number of ether oxygens (including phenoxy) is 3. The Bertz CT molecular complexity index is 1270. The number of esters is 1.